The van der Waals surface area contributed by atoms with E-state index in [0.717, 1.165) is 36.6 Å². The molecule has 27 heavy (non-hydrogen) atoms. The van der Waals surface area contributed by atoms with E-state index < -0.39 is 0 Å². The number of anilines is 1. The maximum absolute atomic E-state index is 12.2. The first-order valence-electron chi connectivity index (χ1n) is 9.52. The summed E-state index contributed by atoms with van der Waals surface area (Å²) in [6, 6.07) is 7.74. The SMILES string of the molecule is CCNC(=NCc1cccc(NC(=O)C2CCCO2)c1)NCC(C)(C)OC. The summed E-state index contributed by atoms with van der Waals surface area (Å²) < 4.78 is 10.9. The molecule has 1 aliphatic heterocycles. The predicted octanol–water partition coefficient (Wildman–Crippen LogP) is 2.28. The summed E-state index contributed by atoms with van der Waals surface area (Å²) in [6.07, 6.45) is 1.39. The monoisotopic (exact) mass is 376 g/mol. The highest BCUT2D eigenvalue weighted by atomic mass is 16.5. The molecule has 1 aromatic carbocycles. The molecule has 1 heterocycles. The fourth-order valence-electron chi connectivity index (χ4n) is 2.64. The van der Waals surface area contributed by atoms with Crippen LogP contribution >= 0.6 is 0 Å². The smallest absolute Gasteiger partial charge is 0.253 e. The van der Waals surface area contributed by atoms with Gasteiger partial charge in [0.1, 0.15) is 6.10 Å². The van der Waals surface area contributed by atoms with Crippen LogP contribution in [0.3, 0.4) is 0 Å². The molecule has 1 aliphatic rings. The Bertz CT molecular complexity index is 640. The molecule has 0 spiro atoms. The van der Waals surface area contributed by atoms with E-state index in [4.69, 9.17) is 9.47 Å². The Hall–Kier alpha value is -2.12. The molecule has 0 radical (unpaired) electrons. The van der Waals surface area contributed by atoms with Crippen LogP contribution in [0, 0.1) is 0 Å². The molecule has 1 unspecified atom stereocenters. The molecule has 2 rings (SSSR count). The van der Waals surface area contributed by atoms with Crippen molar-refractivity contribution in [2.45, 2.75) is 51.9 Å². The second kappa shape index (κ2) is 10.3. The van der Waals surface area contributed by atoms with Gasteiger partial charge < -0.3 is 25.4 Å². The zero-order valence-electron chi connectivity index (χ0n) is 16.8. The molecule has 1 amide bonds. The van der Waals surface area contributed by atoms with Gasteiger partial charge in [-0.05, 0) is 51.3 Å². The molecule has 1 fully saturated rings. The van der Waals surface area contributed by atoms with E-state index in [1.807, 2.05) is 45.0 Å². The summed E-state index contributed by atoms with van der Waals surface area (Å²) in [5.74, 6) is 0.654. The summed E-state index contributed by atoms with van der Waals surface area (Å²) in [6.45, 7) is 8.65. The molecule has 0 bridgehead atoms. The van der Waals surface area contributed by atoms with Crippen molar-refractivity contribution in [2.24, 2.45) is 4.99 Å². The standard InChI is InChI=1S/C20H32N4O3/c1-5-21-19(23-14-20(2,3)26-4)22-13-15-8-6-9-16(12-15)24-18(25)17-10-7-11-27-17/h6,8-9,12,17H,5,7,10-11,13-14H2,1-4H3,(H,24,25)(H2,21,22,23). The second-order valence-corrected chi connectivity index (χ2v) is 7.20. The summed E-state index contributed by atoms with van der Waals surface area (Å²) in [5.41, 5.74) is 1.51. The minimum atomic E-state index is -0.333. The molecule has 0 aromatic heterocycles. The summed E-state index contributed by atoms with van der Waals surface area (Å²) >= 11 is 0. The van der Waals surface area contributed by atoms with Gasteiger partial charge in [0.05, 0.1) is 12.1 Å². The second-order valence-electron chi connectivity index (χ2n) is 7.20. The van der Waals surface area contributed by atoms with Crippen molar-refractivity contribution in [1.29, 1.82) is 0 Å². The first kappa shape index (κ1) is 21.2. The number of carbonyl (C=O) groups excluding carboxylic acids is 1. The van der Waals surface area contributed by atoms with E-state index in [-0.39, 0.29) is 17.6 Å². The fourth-order valence-corrected chi connectivity index (χ4v) is 2.64. The number of methoxy groups -OCH3 is 1. The molecule has 3 N–H and O–H groups in total. The Kier molecular flexibility index (Phi) is 8.06. The Labute approximate surface area is 161 Å². The van der Waals surface area contributed by atoms with E-state index in [1.165, 1.54) is 0 Å². The van der Waals surface area contributed by atoms with Gasteiger partial charge in [0, 0.05) is 32.5 Å². The normalized spacial score (nSPS) is 17.6. The molecule has 1 aromatic rings. The van der Waals surface area contributed by atoms with Crippen molar-refractivity contribution in [3.05, 3.63) is 29.8 Å². The highest BCUT2D eigenvalue weighted by Gasteiger charge is 2.23. The minimum Gasteiger partial charge on any atom is -0.377 e. The van der Waals surface area contributed by atoms with Crippen LogP contribution in [0.5, 0.6) is 0 Å². The molecule has 1 atom stereocenters. The first-order chi connectivity index (χ1) is 12.9. The molecule has 0 aliphatic carbocycles. The minimum absolute atomic E-state index is 0.0787. The topological polar surface area (TPSA) is 84.0 Å². The number of amides is 1. The third kappa shape index (κ3) is 7.19. The lowest BCUT2D eigenvalue weighted by atomic mass is 10.1. The summed E-state index contributed by atoms with van der Waals surface area (Å²) in [7, 11) is 1.70. The van der Waals surface area contributed by atoms with Gasteiger partial charge in [-0.2, -0.15) is 0 Å². The number of hydrogen-bond acceptors (Lipinski definition) is 4. The van der Waals surface area contributed by atoms with Crippen LogP contribution in [0.2, 0.25) is 0 Å². The Morgan fingerprint density at radius 3 is 2.85 bits per heavy atom. The van der Waals surface area contributed by atoms with E-state index >= 15 is 0 Å². The van der Waals surface area contributed by atoms with E-state index in [9.17, 15) is 4.79 Å². The predicted molar refractivity (Wildman–Crippen MR) is 108 cm³/mol. The molecule has 150 valence electrons. The highest BCUT2D eigenvalue weighted by Crippen LogP contribution is 2.16. The maximum Gasteiger partial charge on any atom is 0.253 e. The van der Waals surface area contributed by atoms with E-state index in [1.54, 1.807) is 7.11 Å². The lowest BCUT2D eigenvalue weighted by Gasteiger charge is -2.24. The quantitative estimate of drug-likeness (QED) is 0.479. The van der Waals surface area contributed by atoms with Crippen LogP contribution in [-0.2, 0) is 20.8 Å². The Morgan fingerprint density at radius 2 is 2.19 bits per heavy atom. The van der Waals surface area contributed by atoms with Gasteiger partial charge >= 0.3 is 0 Å². The van der Waals surface area contributed by atoms with Crippen LogP contribution in [0.1, 0.15) is 39.2 Å². The Morgan fingerprint density at radius 1 is 1.37 bits per heavy atom. The average Bonchev–Trinajstić information content (AvgIpc) is 3.19. The Balaban J connectivity index is 1.95. The van der Waals surface area contributed by atoms with Crippen molar-refractivity contribution in [3.63, 3.8) is 0 Å². The van der Waals surface area contributed by atoms with Gasteiger partial charge in [0.15, 0.2) is 5.96 Å². The average molecular weight is 377 g/mol. The molecular formula is C20H32N4O3. The molecule has 7 nitrogen and oxygen atoms in total. The highest BCUT2D eigenvalue weighted by molar-refractivity contribution is 5.94. The van der Waals surface area contributed by atoms with Gasteiger partial charge in [-0.25, -0.2) is 4.99 Å². The van der Waals surface area contributed by atoms with Crippen LogP contribution in [-0.4, -0.2) is 50.4 Å². The molecule has 7 heteroatoms. The number of hydrogen-bond donors (Lipinski definition) is 3. The lowest BCUT2D eigenvalue weighted by molar-refractivity contribution is -0.124. The fraction of sp³-hybridized carbons (Fsp3) is 0.600. The van der Waals surface area contributed by atoms with E-state index in [2.05, 4.69) is 20.9 Å². The van der Waals surface area contributed by atoms with Crippen molar-refractivity contribution in [2.75, 3.05) is 32.1 Å². The first-order valence-corrected chi connectivity index (χ1v) is 9.52. The van der Waals surface area contributed by atoms with Crippen molar-refractivity contribution in [1.82, 2.24) is 10.6 Å². The number of guanidine groups is 1. The number of rotatable bonds is 8. The van der Waals surface area contributed by atoms with Crippen LogP contribution in [0.4, 0.5) is 5.69 Å². The van der Waals surface area contributed by atoms with Gasteiger partial charge in [-0.1, -0.05) is 12.1 Å². The van der Waals surface area contributed by atoms with Crippen LogP contribution in [0.15, 0.2) is 29.3 Å². The third-order valence-electron chi connectivity index (χ3n) is 4.41. The largest absolute Gasteiger partial charge is 0.377 e. The van der Waals surface area contributed by atoms with Crippen molar-refractivity contribution >= 4 is 17.6 Å². The number of carbonyl (C=O) groups is 1. The zero-order chi connectivity index (χ0) is 19.7. The molecule has 1 saturated heterocycles. The van der Waals surface area contributed by atoms with Crippen molar-refractivity contribution < 1.29 is 14.3 Å². The van der Waals surface area contributed by atoms with Gasteiger partial charge in [0.25, 0.3) is 5.91 Å². The summed E-state index contributed by atoms with van der Waals surface area (Å²) in [4.78, 5) is 16.8. The lowest BCUT2D eigenvalue weighted by Crippen LogP contribution is -2.45. The molecular weight excluding hydrogens is 344 g/mol. The van der Waals surface area contributed by atoms with Gasteiger partial charge in [-0.15, -0.1) is 0 Å². The number of ether oxygens (including phenoxy) is 2. The van der Waals surface area contributed by atoms with Crippen molar-refractivity contribution in [3.8, 4) is 0 Å². The van der Waals surface area contributed by atoms with Crippen LogP contribution in [0.25, 0.3) is 0 Å². The van der Waals surface area contributed by atoms with E-state index in [0.29, 0.717) is 19.7 Å². The maximum atomic E-state index is 12.2. The van der Waals surface area contributed by atoms with Crippen LogP contribution < -0.4 is 16.0 Å². The number of aliphatic imine (C=N–C) groups is 1. The molecule has 0 saturated carbocycles. The van der Waals surface area contributed by atoms with Gasteiger partial charge in [-0.3, -0.25) is 4.79 Å². The summed E-state index contributed by atoms with van der Waals surface area (Å²) in [5, 5.41) is 9.45. The number of nitrogens with one attached hydrogen (secondary N) is 3. The third-order valence-corrected chi connectivity index (χ3v) is 4.41. The van der Waals surface area contributed by atoms with Gasteiger partial charge in [0.2, 0.25) is 0 Å². The zero-order valence-corrected chi connectivity index (χ0v) is 16.8. The number of nitrogens with zero attached hydrogens (tertiary/aromatic N) is 1. The number of benzene rings is 1.